The van der Waals surface area contributed by atoms with Gasteiger partial charge < -0.3 is 14.3 Å². The second-order valence-corrected chi connectivity index (χ2v) is 4.62. The van der Waals surface area contributed by atoms with E-state index in [0.717, 1.165) is 19.5 Å². The molecule has 0 amide bonds. The molecule has 0 fully saturated rings. The van der Waals surface area contributed by atoms with Gasteiger partial charge in [-0.25, -0.2) is 0 Å². The molecular formula is C13H22N2O. The van der Waals surface area contributed by atoms with Crippen LogP contribution in [0.3, 0.4) is 0 Å². The maximum atomic E-state index is 11.0. The van der Waals surface area contributed by atoms with Crippen molar-refractivity contribution in [2.24, 2.45) is 0 Å². The van der Waals surface area contributed by atoms with Crippen molar-refractivity contribution in [3.63, 3.8) is 0 Å². The summed E-state index contributed by atoms with van der Waals surface area (Å²) in [6.07, 6.45) is 1.50. The van der Waals surface area contributed by atoms with E-state index in [9.17, 15) is 4.79 Å². The monoisotopic (exact) mass is 222 g/mol. The summed E-state index contributed by atoms with van der Waals surface area (Å²) in [5.41, 5.74) is 2.55. The van der Waals surface area contributed by atoms with E-state index >= 15 is 0 Å². The molecule has 0 aromatic carbocycles. The van der Waals surface area contributed by atoms with Crippen molar-refractivity contribution in [2.75, 3.05) is 20.6 Å². The third-order valence-corrected chi connectivity index (χ3v) is 2.79. The standard InChI is InChI=1S/C13H22N2O/c1-11-5-7-13(8-6-12(2)16)15(11)10-9-14(3)4/h5,7H,6,8-10H2,1-4H3. The lowest BCUT2D eigenvalue weighted by Crippen LogP contribution is -2.20. The van der Waals surface area contributed by atoms with Crippen molar-refractivity contribution in [1.29, 1.82) is 0 Å². The molecule has 1 aromatic rings. The topological polar surface area (TPSA) is 25.2 Å². The highest BCUT2D eigenvalue weighted by molar-refractivity contribution is 5.75. The van der Waals surface area contributed by atoms with Gasteiger partial charge in [-0.05, 0) is 46.5 Å². The van der Waals surface area contributed by atoms with Crippen molar-refractivity contribution >= 4 is 5.78 Å². The zero-order chi connectivity index (χ0) is 12.1. The van der Waals surface area contributed by atoms with Gasteiger partial charge in [0, 0.05) is 30.9 Å². The quantitative estimate of drug-likeness (QED) is 0.734. The van der Waals surface area contributed by atoms with E-state index in [1.54, 1.807) is 6.92 Å². The molecule has 3 heteroatoms. The molecule has 90 valence electrons. The minimum absolute atomic E-state index is 0.262. The van der Waals surface area contributed by atoms with Gasteiger partial charge in [0.15, 0.2) is 0 Å². The van der Waals surface area contributed by atoms with Gasteiger partial charge in [0.2, 0.25) is 0 Å². The summed E-state index contributed by atoms with van der Waals surface area (Å²) >= 11 is 0. The van der Waals surface area contributed by atoms with Crippen LogP contribution < -0.4 is 0 Å². The largest absolute Gasteiger partial charge is 0.348 e. The van der Waals surface area contributed by atoms with Crippen LogP contribution in [0.4, 0.5) is 0 Å². The van der Waals surface area contributed by atoms with Crippen molar-refractivity contribution in [3.05, 3.63) is 23.5 Å². The van der Waals surface area contributed by atoms with E-state index in [-0.39, 0.29) is 5.78 Å². The third-order valence-electron chi connectivity index (χ3n) is 2.79. The molecule has 1 rings (SSSR count). The van der Waals surface area contributed by atoms with Gasteiger partial charge in [-0.2, -0.15) is 0 Å². The van der Waals surface area contributed by atoms with Gasteiger partial charge in [-0.1, -0.05) is 0 Å². The van der Waals surface area contributed by atoms with Crippen molar-refractivity contribution in [1.82, 2.24) is 9.47 Å². The Hall–Kier alpha value is -1.09. The lowest BCUT2D eigenvalue weighted by Gasteiger charge is -2.15. The predicted octanol–water partition coefficient (Wildman–Crippen LogP) is 1.88. The number of hydrogen-bond acceptors (Lipinski definition) is 2. The van der Waals surface area contributed by atoms with E-state index < -0.39 is 0 Å². The summed E-state index contributed by atoms with van der Waals surface area (Å²) in [4.78, 5) is 13.2. The minimum atomic E-state index is 0.262. The van der Waals surface area contributed by atoms with Gasteiger partial charge in [-0.15, -0.1) is 0 Å². The third kappa shape index (κ3) is 3.81. The van der Waals surface area contributed by atoms with E-state index in [0.29, 0.717) is 6.42 Å². The number of carbonyl (C=O) groups is 1. The van der Waals surface area contributed by atoms with Crippen LogP contribution in [-0.2, 0) is 17.8 Å². The van der Waals surface area contributed by atoms with Gasteiger partial charge in [0.1, 0.15) is 5.78 Å². The van der Waals surface area contributed by atoms with Gasteiger partial charge >= 0.3 is 0 Å². The Morgan fingerprint density at radius 2 is 2.06 bits per heavy atom. The first-order valence-electron chi connectivity index (χ1n) is 5.80. The maximum absolute atomic E-state index is 11.0. The zero-order valence-electron chi connectivity index (χ0n) is 10.8. The number of ketones is 1. The molecule has 0 saturated carbocycles. The van der Waals surface area contributed by atoms with E-state index in [4.69, 9.17) is 0 Å². The van der Waals surface area contributed by atoms with Crippen LogP contribution in [0.5, 0.6) is 0 Å². The SMILES string of the molecule is CC(=O)CCc1ccc(C)n1CCN(C)C. The highest BCUT2D eigenvalue weighted by Crippen LogP contribution is 2.11. The highest BCUT2D eigenvalue weighted by atomic mass is 16.1. The molecule has 0 saturated heterocycles. The molecule has 1 aromatic heterocycles. The second kappa shape index (κ2) is 5.85. The maximum Gasteiger partial charge on any atom is 0.130 e. The van der Waals surface area contributed by atoms with Crippen molar-refractivity contribution in [2.45, 2.75) is 33.2 Å². The number of aryl methyl sites for hydroxylation is 2. The van der Waals surface area contributed by atoms with E-state index in [1.807, 2.05) is 0 Å². The van der Waals surface area contributed by atoms with Crippen LogP contribution >= 0.6 is 0 Å². The minimum Gasteiger partial charge on any atom is -0.348 e. The first-order valence-corrected chi connectivity index (χ1v) is 5.80. The fourth-order valence-corrected chi connectivity index (χ4v) is 1.77. The molecule has 0 N–H and O–H groups in total. The Morgan fingerprint density at radius 3 is 2.62 bits per heavy atom. The smallest absolute Gasteiger partial charge is 0.130 e. The van der Waals surface area contributed by atoms with Crippen molar-refractivity contribution in [3.8, 4) is 0 Å². The Balaban J connectivity index is 2.65. The molecule has 16 heavy (non-hydrogen) atoms. The first-order chi connectivity index (χ1) is 7.50. The Labute approximate surface area is 98.1 Å². The van der Waals surface area contributed by atoms with Crippen LogP contribution in [0.25, 0.3) is 0 Å². The molecule has 0 unspecified atom stereocenters. The van der Waals surface area contributed by atoms with Gasteiger partial charge in [0.25, 0.3) is 0 Å². The molecule has 0 atom stereocenters. The molecule has 0 aliphatic rings. The van der Waals surface area contributed by atoms with Crippen LogP contribution in [-0.4, -0.2) is 35.9 Å². The van der Waals surface area contributed by atoms with E-state index in [2.05, 4.69) is 42.6 Å². The summed E-state index contributed by atoms with van der Waals surface area (Å²) in [5, 5.41) is 0. The molecule has 3 nitrogen and oxygen atoms in total. The highest BCUT2D eigenvalue weighted by Gasteiger charge is 2.06. The number of hydrogen-bond donors (Lipinski definition) is 0. The average Bonchev–Trinajstić information content (AvgIpc) is 2.53. The fourth-order valence-electron chi connectivity index (χ4n) is 1.77. The number of likely N-dealkylation sites (N-methyl/N-ethyl adjacent to an activating group) is 1. The summed E-state index contributed by atoms with van der Waals surface area (Å²) in [7, 11) is 4.15. The van der Waals surface area contributed by atoms with Crippen LogP contribution in [0, 0.1) is 6.92 Å². The molecule has 0 radical (unpaired) electrons. The number of aromatic nitrogens is 1. The molecular weight excluding hydrogens is 200 g/mol. The Bertz CT molecular complexity index is 353. The molecule has 0 aliphatic heterocycles. The zero-order valence-corrected chi connectivity index (χ0v) is 10.8. The van der Waals surface area contributed by atoms with Gasteiger partial charge in [0.05, 0.1) is 0 Å². The number of Topliss-reactive ketones (excluding diaryl/α,β-unsaturated/α-hetero) is 1. The molecule has 0 spiro atoms. The lowest BCUT2D eigenvalue weighted by atomic mass is 10.2. The number of rotatable bonds is 6. The summed E-state index contributed by atoms with van der Waals surface area (Å²) in [6.45, 7) is 5.80. The van der Waals surface area contributed by atoms with Crippen molar-refractivity contribution < 1.29 is 4.79 Å². The predicted molar refractivity (Wildman–Crippen MR) is 66.7 cm³/mol. The Kier molecular flexibility index (Phi) is 4.74. The van der Waals surface area contributed by atoms with Crippen LogP contribution in [0.15, 0.2) is 12.1 Å². The van der Waals surface area contributed by atoms with Crippen LogP contribution in [0.1, 0.15) is 24.7 Å². The molecule has 0 bridgehead atoms. The van der Waals surface area contributed by atoms with E-state index in [1.165, 1.54) is 11.4 Å². The number of carbonyl (C=O) groups excluding carboxylic acids is 1. The normalized spacial score (nSPS) is 11.1. The summed E-state index contributed by atoms with van der Waals surface area (Å²) in [5.74, 6) is 0.262. The lowest BCUT2D eigenvalue weighted by molar-refractivity contribution is -0.117. The molecule has 0 aliphatic carbocycles. The van der Waals surface area contributed by atoms with Crippen LogP contribution in [0.2, 0.25) is 0 Å². The Morgan fingerprint density at radius 1 is 1.38 bits per heavy atom. The average molecular weight is 222 g/mol. The fraction of sp³-hybridized carbons (Fsp3) is 0.615. The first kappa shape index (κ1) is 13.0. The van der Waals surface area contributed by atoms with Gasteiger partial charge in [-0.3, -0.25) is 0 Å². The number of nitrogens with zero attached hydrogens (tertiary/aromatic N) is 2. The second-order valence-electron chi connectivity index (χ2n) is 4.62. The summed E-state index contributed by atoms with van der Waals surface area (Å²) < 4.78 is 2.31. The molecule has 1 heterocycles. The summed E-state index contributed by atoms with van der Waals surface area (Å²) in [6, 6.07) is 4.26.